The van der Waals surface area contributed by atoms with E-state index in [0.717, 1.165) is 16.7 Å². The molecule has 1 aliphatic rings. The van der Waals surface area contributed by atoms with Crippen molar-refractivity contribution in [2.75, 3.05) is 26.3 Å². The lowest BCUT2D eigenvalue weighted by Crippen LogP contribution is -2.43. The van der Waals surface area contributed by atoms with Gasteiger partial charge in [-0.1, -0.05) is 35.9 Å². The van der Waals surface area contributed by atoms with Gasteiger partial charge in [0.05, 0.1) is 19.0 Å². The molecule has 1 saturated heterocycles. The Morgan fingerprint density at radius 2 is 1.58 bits per heavy atom. The Balaban J connectivity index is 1.51. The lowest BCUT2D eigenvalue weighted by atomic mass is 9.97. The second-order valence-corrected chi connectivity index (χ2v) is 10.2. The van der Waals surface area contributed by atoms with E-state index in [1.165, 1.54) is 4.31 Å². The summed E-state index contributed by atoms with van der Waals surface area (Å²) in [4.78, 5) is 12.7. The van der Waals surface area contributed by atoms with Gasteiger partial charge in [-0.3, -0.25) is 4.79 Å². The maximum Gasteiger partial charge on any atom is 0.223 e. The Kier molecular flexibility index (Phi) is 8.74. The molecule has 7 nitrogen and oxygen atoms in total. The molecule has 1 aliphatic heterocycles. The van der Waals surface area contributed by atoms with E-state index in [4.69, 9.17) is 9.47 Å². The SMILES string of the molecule is CCOc1ccc(CNC(=O)C2CCN(S(=O)(=O)Cc3ccc(C)cc3)CC2)cc1OCC. The standard InChI is InChI=1S/C25H34N2O5S/c1-4-31-23-11-10-21(16-24(23)32-5-2)17-26-25(28)22-12-14-27(15-13-22)33(29,30)18-20-8-6-19(3)7-9-20/h6-11,16,22H,4-5,12-15,17-18H2,1-3H3,(H,26,28). The van der Waals surface area contributed by atoms with Crippen LogP contribution in [0, 0.1) is 12.8 Å². The van der Waals surface area contributed by atoms with Gasteiger partial charge in [-0.25, -0.2) is 12.7 Å². The summed E-state index contributed by atoms with van der Waals surface area (Å²) < 4.78 is 38.3. The minimum absolute atomic E-state index is 0.00987. The molecule has 0 atom stereocenters. The fourth-order valence-corrected chi connectivity index (χ4v) is 5.48. The molecule has 0 aliphatic carbocycles. The summed E-state index contributed by atoms with van der Waals surface area (Å²) in [5, 5.41) is 2.98. The van der Waals surface area contributed by atoms with Crippen molar-refractivity contribution in [3.63, 3.8) is 0 Å². The molecule has 1 fully saturated rings. The van der Waals surface area contributed by atoms with E-state index in [9.17, 15) is 13.2 Å². The molecule has 8 heteroatoms. The Labute approximate surface area is 197 Å². The van der Waals surface area contributed by atoms with Gasteiger partial charge in [0.1, 0.15) is 0 Å². The number of benzene rings is 2. The Bertz CT molecular complexity index is 1030. The smallest absolute Gasteiger partial charge is 0.223 e. The monoisotopic (exact) mass is 474 g/mol. The normalized spacial score (nSPS) is 15.2. The molecular weight excluding hydrogens is 440 g/mol. The predicted octanol–water partition coefficient (Wildman–Crippen LogP) is 3.65. The summed E-state index contributed by atoms with van der Waals surface area (Å²) in [7, 11) is -3.40. The number of hydrogen-bond donors (Lipinski definition) is 1. The number of sulfonamides is 1. The highest BCUT2D eigenvalue weighted by Crippen LogP contribution is 2.29. The van der Waals surface area contributed by atoms with Gasteiger partial charge in [-0.15, -0.1) is 0 Å². The summed E-state index contributed by atoms with van der Waals surface area (Å²) in [5.41, 5.74) is 2.80. The van der Waals surface area contributed by atoms with Gasteiger partial charge in [0.2, 0.25) is 15.9 Å². The zero-order valence-electron chi connectivity index (χ0n) is 19.7. The number of aryl methyl sites for hydroxylation is 1. The van der Waals surface area contributed by atoms with Crippen molar-refractivity contribution in [3.05, 3.63) is 59.2 Å². The van der Waals surface area contributed by atoms with Crippen LogP contribution in [0.2, 0.25) is 0 Å². The zero-order valence-corrected chi connectivity index (χ0v) is 20.5. The molecular formula is C25H34N2O5S. The molecule has 0 unspecified atom stereocenters. The molecule has 0 bridgehead atoms. The van der Waals surface area contributed by atoms with Gasteiger partial charge < -0.3 is 14.8 Å². The highest BCUT2D eigenvalue weighted by Gasteiger charge is 2.31. The number of carbonyl (C=O) groups is 1. The molecule has 0 spiro atoms. The summed E-state index contributed by atoms with van der Waals surface area (Å²) in [5.74, 6) is 1.11. The molecule has 3 rings (SSSR count). The first kappa shape index (κ1) is 25.1. The van der Waals surface area contributed by atoms with Crippen molar-refractivity contribution in [1.82, 2.24) is 9.62 Å². The Hall–Kier alpha value is -2.58. The lowest BCUT2D eigenvalue weighted by molar-refractivity contribution is -0.126. The third kappa shape index (κ3) is 6.95. The van der Waals surface area contributed by atoms with Crippen molar-refractivity contribution in [1.29, 1.82) is 0 Å². The zero-order chi connectivity index (χ0) is 23.8. The van der Waals surface area contributed by atoms with E-state index in [1.54, 1.807) is 0 Å². The highest BCUT2D eigenvalue weighted by molar-refractivity contribution is 7.88. The predicted molar refractivity (Wildman–Crippen MR) is 129 cm³/mol. The van der Waals surface area contributed by atoms with Crippen molar-refractivity contribution >= 4 is 15.9 Å². The topological polar surface area (TPSA) is 84.9 Å². The van der Waals surface area contributed by atoms with E-state index < -0.39 is 10.0 Å². The van der Waals surface area contributed by atoms with Crippen molar-refractivity contribution < 1.29 is 22.7 Å². The summed E-state index contributed by atoms with van der Waals surface area (Å²) in [6, 6.07) is 13.2. The van der Waals surface area contributed by atoms with E-state index in [1.807, 2.05) is 63.2 Å². The van der Waals surface area contributed by atoms with Crippen LogP contribution in [0.25, 0.3) is 0 Å². The van der Waals surface area contributed by atoms with Gasteiger partial charge in [-0.05, 0) is 56.9 Å². The molecule has 33 heavy (non-hydrogen) atoms. The minimum Gasteiger partial charge on any atom is -0.490 e. The first-order valence-electron chi connectivity index (χ1n) is 11.5. The fourth-order valence-electron chi connectivity index (χ4n) is 3.92. The molecule has 0 radical (unpaired) electrons. The first-order valence-corrected chi connectivity index (χ1v) is 13.1. The second kappa shape index (κ2) is 11.5. The van der Waals surface area contributed by atoms with Gasteiger partial charge in [0.15, 0.2) is 11.5 Å². The number of carbonyl (C=O) groups excluding carboxylic acids is 1. The summed E-state index contributed by atoms with van der Waals surface area (Å²) >= 11 is 0. The van der Waals surface area contributed by atoms with Crippen LogP contribution in [0.4, 0.5) is 0 Å². The van der Waals surface area contributed by atoms with Crippen LogP contribution >= 0.6 is 0 Å². The van der Waals surface area contributed by atoms with Crippen LogP contribution in [0.3, 0.4) is 0 Å². The van der Waals surface area contributed by atoms with Crippen molar-refractivity contribution in [3.8, 4) is 11.5 Å². The molecule has 1 amide bonds. The number of ether oxygens (including phenoxy) is 2. The number of hydrogen-bond acceptors (Lipinski definition) is 5. The van der Waals surface area contributed by atoms with Crippen molar-refractivity contribution in [2.24, 2.45) is 5.92 Å². The highest BCUT2D eigenvalue weighted by atomic mass is 32.2. The number of piperidine rings is 1. The molecule has 0 saturated carbocycles. The van der Waals surface area contributed by atoms with E-state index in [-0.39, 0.29) is 17.6 Å². The third-order valence-corrected chi connectivity index (χ3v) is 7.61. The summed E-state index contributed by atoms with van der Waals surface area (Å²) in [6.07, 6.45) is 1.04. The lowest BCUT2D eigenvalue weighted by Gasteiger charge is -2.30. The number of amides is 1. The van der Waals surface area contributed by atoms with Gasteiger partial charge >= 0.3 is 0 Å². The van der Waals surface area contributed by atoms with E-state index in [2.05, 4.69) is 5.32 Å². The van der Waals surface area contributed by atoms with E-state index in [0.29, 0.717) is 57.2 Å². The van der Waals surface area contributed by atoms with Gasteiger partial charge in [0.25, 0.3) is 0 Å². The molecule has 1 heterocycles. The molecule has 2 aromatic carbocycles. The number of nitrogens with zero attached hydrogens (tertiary/aromatic N) is 1. The Morgan fingerprint density at radius 3 is 2.21 bits per heavy atom. The third-order valence-electron chi connectivity index (χ3n) is 5.76. The molecule has 180 valence electrons. The molecule has 0 aromatic heterocycles. The molecule has 1 N–H and O–H groups in total. The number of rotatable bonds is 10. The van der Waals surface area contributed by atoms with Crippen LogP contribution < -0.4 is 14.8 Å². The van der Waals surface area contributed by atoms with Crippen molar-refractivity contribution in [2.45, 2.75) is 45.9 Å². The van der Waals surface area contributed by atoms with Gasteiger partial charge in [-0.2, -0.15) is 0 Å². The Morgan fingerprint density at radius 1 is 0.970 bits per heavy atom. The summed E-state index contributed by atoms with van der Waals surface area (Å²) in [6.45, 7) is 8.00. The first-order chi connectivity index (χ1) is 15.8. The van der Waals surface area contributed by atoms with Crippen LogP contribution in [-0.4, -0.2) is 44.9 Å². The number of nitrogens with one attached hydrogen (secondary N) is 1. The van der Waals surface area contributed by atoms with Crippen LogP contribution in [0.5, 0.6) is 11.5 Å². The average molecular weight is 475 g/mol. The van der Waals surface area contributed by atoms with E-state index >= 15 is 0 Å². The van der Waals surface area contributed by atoms with Crippen LogP contribution in [-0.2, 0) is 27.1 Å². The van der Waals surface area contributed by atoms with Crippen LogP contribution in [0.1, 0.15) is 43.4 Å². The van der Waals surface area contributed by atoms with Gasteiger partial charge in [0, 0.05) is 25.6 Å². The average Bonchev–Trinajstić information content (AvgIpc) is 2.81. The van der Waals surface area contributed by atoms with Crippen LogP contribution in [0.15, 0.2) is 42.5 Å². The largest absolute Gasteiger partial charge is 0.490 e. The fraction of sp³-hybridized carbons (Fsp3) is 0.480. The maximum absolute atomic E-state index is 12.8. The second-order valence-electron chi connectivity index (χ2n) is 8.28. The quantitative estimate of drug-likeness (QED) is 0.568. The maximum atomic E-state index is 12.8. The minimum atomic E-state index is -3.40. The molecule has 2 aromatic rings.